The van der Waals surface area contributed by atoms with Crippen LogP contribution >= 0.6 is 0 Å². The molecule has 0 aromatic carbocycles. The number of aryl methyl sites for hydroxylation is 1. The number of nitrogens with zero attached hydrogens (tertiary/aromatic N) is 4. The van der Waals surface area contributed by atoms with Crippen LogP contribution in [0.2, 0.25) is 0 Å². The number of anilines is 1. The van der Waals surface area contributed by atoms with E-state index in [4.69, 9.17) is 0 Å². The summed E-state index contributed by atoms with van der Waals surface area (Å²) in [6, 6.07) is 3.89. The Bertz CT molecular complexity index is 680. The van der Waals surface area contributed by atoms with Gasteiger partial charge in [-0.2, -0.15) is 0 Å². The van der Waals surface area contributed by atoms with Crippen LogP contribution in [0.15, 0.2) is 18.3 Å². The summed E-state index contributed by atoms with van der Waals surface area (Å²) in [5, 5.41) is 0. The van der Waals surface area contributed by atoms with Crippen LogP contribution in [0.25, 0.3) is 0 Å². The molecule has 3 fully saturated rings. The van der Waals surface area contributed by atoms with E-state index in [9.17, 15) is 9.59 Å². The number of hydrogen-bond acceptors (Lipinski definition) is 4. The smallest absolute Gasteiger partial charge is 0.245 e. The van der Waals surface area contributed by atoms with Crippen LogP contribution in [0, 0.1) is 12.8 Å². The lowest BCUT2D eigenvalue weighted by Crippen LogP contribution is -2.57. The first-order valence-electron chi connectivity index (χ1n) is 9.90. The van der Waals surface area contributed by atoms with Gasteiger partial charge in [0.05, 0.1) is 0 Å². The van der Waals surface area contributed by atoms with Crippen LogP contribution < -0.4 is 4.90 Å². The maximum Gasteiger partial charge on any atom is 0.245 e. The van der Waals surface area contributed by atoms with Gasteiger partial charge >= 0.3 is 0 Å². The van der Waals surface area contributed by atoms with E-state index in [1.807, 2.05) is 29.0 Å². The highest BCUT2D eigenvalue weighted by atomic mass is 16.2. The molecule has 26 heavy (non-hydrogen) atoms. The Morgan fingerprint density at radius 3 is 2.46 bits per heavy atom. The standard InChI is InChI=1S/C20H28N4O2/c1-15-14-17(7-8-21-15)22-10-12-23(13-11-22)20(26)18-4-2-3-9-24(18)19(25)16-5-6-16/h7-8,14,16,18H,2-6,9-13H2,1H3/t18-/m0/s1. The van der Waals surface area contributed by atoms with Crippen molar-refractivity contribution < 1.29 is 9.59 Å². The summed E-state index contributed by atoms with van der Waals surface area (Å²) in [5.41, 5.74) is 2.19. The molecule has 0 unspecified atom stereocenters. The zero-order valence-electron chi connectivity index (χ0n) is 15.6. The molecule has 0 bridgehead atoms. The molecule has 2 amide bonds. The van der Waals surface area contributed by atoms with Crippen LogP contribution in [0.3, 0.4) is 0 Å². The average Bonchev–Trinajstić information content (AvgIpc) is 3.52. The van der Waals surface area contributed by atoms with E-state index in [1.54, 1.807) is 0 Å². The molecule has 0 radical (unpaired) electrons. The van der Waals surface area contributed by atoms with Gasteiger partial charge < -0.3 is 14.7 Å². The minimum absolute atomic E-state index is 0.157. The zero-order valence-corrected chi connectivity index (χ0v) is 15.6. The van der Waals surface area contributed by atoms with Gasteiger partial charge in [-0.25, -0.2) is 0 Å². The molecule has 2 aliphatic heterocycles. The molecule has 1 atom stereocenters. The SMILES string of the molecule is Cc1cc(N2CCN(C(=O)[C@@H]3CCCCN3C(=O)C3CC3)CC2)ccn1. The molecular formula is C20H28N4O2. The average molecular weight is 356 g/mol. The van der Waals surface area contributed by atoms with Gasteiger partial charge in [-0.3, -0.25) is 14.6 Å². The number of carbonyl (C=O) groups excluding carboxylic acids is 2. The molecule has 0 N–H and O–H groups in total. The summed E-state index contributed by atoms with van der Waals surface area (Å²) in [5.74, 6) is 0.563. The summed E-state index contributed by atoms with van der Waals surface area (Å²) in [6.45, 7) is 5.86. The van der Waals surface area contributed by atoms with E-state index < -0.39 is 0 Å². The lowest BCUT2D eigenvalue weighted by atomic mass is 9.99. The van der Waals surface area contributed by atoms with Gasteiger partial charge in [-0.15, -0.1) is 0 Å². The van der Waals surface area contributed by atoms with Crippen molar-refractivity contribution in [2.45, 2.75) is 45.1 Å². The van der Waals surface area contributed by atoms with Crippen LogP contribution in [0.4, 0.5) is 5.69 Å². The molecule has 4 rings (SSSR count). The molecule has 1 saturated carbocycles. The zero-order chi connectivity index (χ0) is 18.1. The normalized spacial score (nSPS) is 23.9. The number of piperazine rings is 1. The molecule has 140 valence electrons. The number of rotatable bonds is 3. The van der Waals surface area contributed by atoms with Crippen LogP contribution in [0.5, 0.6) is 0 Å². The molecule has 1 aromatic rings. The molecule has 6 heteroatoms. The topological polar surface area (TPSA) is 56.8 Å². The van der Waals surface area contributed by atoms with E-state index in [1.165, 1.54) is 5.69 Å². The van der Waals surface area contributed by atoms with Crippen LogP contribution in [-0.4, -0.2) is 65.4 Å². The fourth-order valence-corrected chi connectivity index (χ4v) is 4.14. The van der Waals surface area contributed by atoms with Crippen molar-refractivity contribution in [2.24, 2.45) is 5.92 Å². The number of hydrogen-bond donors (Lipinski definition) is 0. The second kappa shape index (κ2) is 7.25. The Labute approximate surface area is 155 Å². The van der Waals surface area contributed by atoms with Gasteiger partial charge in [0.1, 0.15) is 6.04 Å². The molecule has 1 aliphatic carbocycles. The fourth-order valence-electron chi connectivity index (χ4n) is 4.14. The van der Waals surface area contributed by atoms with Gasteiger partial charge in [0.15, 0.2) is 0 Å². The maximum atomic E-state index is 13.1. The molecule has 1 aromatic heterocycles. The summed E-state index contributed by atoms with van der Waals surface area (Å²) in [4.78, 5) is 36.1. The lowest BCUT2D eigenvalue weighted by molar-refractivity contribution is -0.148. The Hall–Kier alpha value is -2.11. The molecule has 6 nitrogen and oxygen atoms in total. The number of likely N-dealkylation sites (tertiary alicyclic amines) is 1. The number of pyridine rings is 1. The largest absolute Gasteiger partial charge is 0.368 e. The second-order valence-corrected chi connectivity index (χ2v) is 7.79. The van der Waals surface area contributed by atoms with Gasteiger partial charge in [0.25, 0.3) is 0 Å². The molecule has 3 aliphatic rings. The van der Waals surface area contributed by atoms with Crippen LogP contribution in [0.1, 0.15) is 37.8 Å². The number of piperidine rings is 1. The Morgan fingerprint density at radius 1 is 1.00 bits per heavy atom. The molecule has 2 saturated heterocycles. The van der Waals surface area contributed by atoms with Crippen LogP contribution in [-0.2, 0) is 9.59 Å². The van der Waals surface area contributed by atoms with Crippen molar-refractivity contribution >= 4 is 17.5 Å². The van der Waals surface area contributed by atoms with Crippen molar-refractivity contribution in [3.8, 4) is 0 Å². The first-order chi connectivity index (χ1) is 12.6. The van der Waals surface area contributed by atoms with E-state index in [0.717, 1.165) is 70.5 Å². The molecular weight excluding hydrogens is 328 g/mol. The Kier molecular flexibility index (Phi) is 4.83. The van der Waals surface area contributed by atoms with Crippen molar-refractivity contribution in [1.29, 1.82) is 0 Å². The number of amides is 2. The highest BCUT2D eigenvalue weighted by molar-refractivity contribution is 5.89. The quantitative estimate of drug-likeness (QED) is 0.829. The van der Waals surface area contributed by atoms with E-state index >= 15 is 0 Å². The van der Waals surface area contributed by atoms with Crippen molar-refractivity contribution in [3.05, 3.63) is 24.0 Å². The van der Waals surface area contributed by atoms with Gasteiger partial charge in [-0.1, -0.05) is 0 Å². The fraction of sp³-hybridized carbons (Fsp3) is 0.650. The summed E-state index contributed by atoms with van der Waals surface area (Å²) < 4.78 is 0. The third-order valence-corrected chi connectivity index (χ3v) is 5.83. The first-order valence-corrected chi connectivity index (χ1v) is 9.90. The third-order valence-electron chi connectivity index (χ3n) is 5.83. The predicted molar refractivity (Wildman–Crippen MR) is 99.8 cm³/mol. The highest BCUT2D eigenvalue weighted by Gasteiger charge is 2.41. The van der Waals surface area contributed by atoms with Crippen molar-refractivity contribution in [1.82, 2.24) is 14.8 Å². The third kappa shape index (κ3) is 3.55. The first kappa shape index (κ1) is 17.3. The summed E-state index contributed by atoms with van der Waals surface area (Å²) in [6.07, 6.45) is 6.73. The van der Waals surface area contributed by atoms with E-state index in [-0.39, 0.29) is 23.8 Å². The number of carbonyl (C=O) groups is 2. The van der Waals surface area contributed by atoms with Gasteiger partial charge in [0, 0.05) is 56.2 Å². The monoisotopic (exact) mass is 356 g/mol. The van der Waals surface area contributed by atoms with Gasteiger partial charge in [0.2, 0.25) is 11.8 Å². The minimum atomic E-state index is -0.230. The Balaban J connectivity index is 1.38. The second-order valence-electron chi connectivity index (χ2n) is 7.79. The number of aromatic nitrogens is 1. The van der Waals surface area contributed by atoms with Crippen molar-refractivity contribution in [3.63, 3.8) is 0 Å². The Morgan fingerprint density at radius 2 is 1.77 bits per heavy atom. The summed E-state index contributed by atoms with van der Waals surface area (Å²) >= 11 is 0. The maximum absolute atomic E-state index is 13.1. The van der Waals surface area contributed by atoms with Gasteiger partial charge in [-0.05, 0) is 51.2 Å². The summed E-state index contributed by atoms with van der Waals surface area (Å²) in [7, 11) is 0. The predicted octanol–water partition coefficient (Wildman–Crippen LogP) is 1.83. The molecule has 0 spiro atoms. The van der Waals surface area contributed by atoms with E-state index in [0.29, 0.717) is 0 Å². The lowest BCUT2D eigenvalue weighted by Gasteiger charge is -2.41. The highest BCUT2D eigenvalue weighted by Crippen LogP contribution is 2.33. The van der Waals surface area contributed by atoms with E-state index in [2.05, 4.69) is 16.0 Å². The molecule has 3 heterocycles. The van der Waals surface area contributed by atoms with Crippen molar-refractivity contribution in [2.75, 3.05) is 37.6 Å². The minimum Gasteiger partial charge on any atom is -0.368 e.